The second-order valence-electron chi connectivity index (χ2n) is 3.95. The van der Waals surface area contributed by atoms with Gasteiger partial charge in [-0.3, -0.25) is 9.59 Å². The molecule has 0 unspecified atom stereocenters. The lowest BCUT2D eigenvalue weighted by Crippen LogP contribution is -2.34. The Labute approximate surface area is 109 Å². The van der Waals surface area contributed by atoms with E-state index in [2.05, 4.69) is 4.98 Å². The molecule has 0 aliphatic rings. The van der Waals surface area contributed by atoms with E-state index in [-0.39, 0.29) is 11.0 Å². The van der Waals surface area contributed by atoms with Crippen molar-refractivity contribution in [2.75, 3.05) is 11.4 Å². The van der Waals surface area contributed by atoms with Crippen molar-refractivity contribution in [3.63, 3.8) is 0 Å². The van der Waals surface area contributed by atoms with Gasteiger partial charge < -0.3 is 9.88 Å². The molecule has 1 heterocycles. The number of H-pyrrole nitrogens is 1. The number of pyridine rings is 1. The van der Waals surface area contributed by atoms with E-state index in [1.165, 1.54) is 41.6 Å². The number of halogens is 1. The minimum absolute atomic E-state index is 0.0358. The van der Waals surface area contributed by atoms with Gasteiger partial charge in [-0.15, -0.1) is 0 Å². The second-order valence-corrected chi connectivity index (χ2v) is 3.95. The van der Waals surface area contributed by atoms with Crippen molar-refractivity contribution in [2.45, 2.75) is 6.92 Å². The average Bonchev–Trinajstić information content (AvgIpc) is 2.40. The molecule has 1 N–H and O–H groups in total. The van der Waals surface area contributed by atoms with Crippen LogP contribution in [0.4, 0.5) is 10.1 Å². The fraction of sp³-hybridized carbons (Fsp3) is 0.143. The van der Waals surface area contributed by atoms with E-state index in [1.54, 1.807) is 13.0 Å². The Morgan fingerprint density at radius 1 is 1.37 bits per heavy atom. The number of rotatable bonds is 3. The Kier molecular flexibility index (Phi) is 3.75. The highest BCUT2D eigenvalue weighted by Gasteiger charge is 2.18. The van der Waals surface area contributed by atoms with Gasteiger partial charge in [-0.1, -0.05) is 6.07 Å². The van der Waals surface area contributed by atoms with Gasteiger partial charge in [0.2, 0.25) is 0 Å². The molecule has 1 amide bonds. The number of hydrogen-bond acceptors (Lipinski definition) is 2. The van der Waals surface area contributed by atoms with Gasteiger partial charge in [0.1, 0.15) is 11.4 Å². The van der Waals surface area contributed by atoms with E-state index >= 15 is 0 Å². The van der Waals surface area contributed by atoms with Crippen LogP contribution < -0.4 is 10.3 Å². The van der Waals surface area contributed by atoms with Crippen LogP contribution in [0.5, 0.6) is 0 Å². The van der Waals surface area contributed by atoms with Crippen LogP contribution in [-0.2, 0) is 0 Å². The molecule has 19 heavy (non-hydrogen) atoms. The molecule has 1 aromatic heterocycles. The largest absolute Gasteiger partial charge is 0.367 e. The minimum Gasteiger partial charge on any atom is -0.367 e. The fourth-order valence-corrected chi connectivity index (χ4v) is 1.82. The third-order valence-corrected chi connectivity index (χ3v) is 2.74. The predicted molar refractivity (Wildman–Crippen MR) is 70.8 cm³/mol. The molecule has 0 fully saturated rings. The van der Waals surface area contributed by atoms with E-state index in [1.807, 2.05) is 0 Å². The molecule has 0 spiro atoms. The third kappa shape index (κ3) is 2.70. The van der Waals surface area contributed by atoms with Crippen LogP contribution in [-0.4, -0.2) is 17.4 Å². The highest BCUT2D eigenvalue weighted by atomic mass is 19.1. The zero-order chi connectivity index (χ0) is 13.8. The first-order valence-corrected chi connectivity index (χ1v) is 5.88. The Hall–Kier alpha value is -2.43. The molecule has 0 saturated carbocycles. The number of benzene rings is 1. The molecular weight excluding hydrogens is 247 g/mol. The summed E-state index contributed by atoms with van der Waals surface area (Å²) in [5.74, 6) is -0.874. The fourth-order valence-electron chi connectivity index (χ4n) is 1.82. The van der Waals surface area contributed by atoms with Gasteiger partial charge in [-0.25, -0.2) is 4.39 Å². The lowest BCUT2D eigenvalue weighted by molar-refractivity contribution is 0.0987. The first-order chi connectivity index (χ1) is 9.13. The van der Waals surface area contributed by atoms with Gasteiger partial charge in [0.05, 0.1) is 0 Å². The first kappa shape index (κ1) is 13.0. The van der Waals surface area contributed by atoms with Crippen molar-refractivity contribution < 1.29 is 9.18 Å². The molecule has 98 valence electrons. The van der Waals surface area contributed by atoms with Crippen LogP contribution >= 0.6 is 0 Å². The summed E-state index contributed by atoms with van der Waals surface area (Å²) in [6.07, 6.45) is 2.81. The second kappa shape index (κ2) is 5.48. The standard InChI is InChI=1S/C14H13FN2O2/c1-2-17(11-5-3-4-10(15)8-11)14(19)12-9-16-7-6-13(12)18/h3-9H,2H2,1H3,(H,16,18). The molecule has 0 aliphatic heterocycles. The van der Waals surface area contributed by atoms with Gasteiger partial charge in [0.15, 0.2) is 5.43 Å². The van der Waals surface area contributed by atoms with Gasteiger partial charge in [0, 0.05) is 30.7 Å². The number of nitrogens with zero attached hydrogens (tertiary/aromatic N) is 1. The van der Waals surface area contributed by atoms with Crippen LogP contribution in [0.25, 0.3) is 0 Å². The number of anilines is 1. The Morgan fingerprint density at radius 3 is 2.79 bits per heavy atom. The Morgan fingerprint density at radius 2 is 2.16 bits per heavy atom. The van der Waals surface area contributed by atoms with Crippen LogP contribution in [0.2, 0.25) is 0 Å². The smallest absolute Gasteiger partial charge is 0.263 e. The summed E-state index contributed by atoms with van der Waals surface area (Å²) < 4.78 is 13.2. The van der Waals surface area contributed by atoms with Gasteiger partial charge in [-0.05, 0) is 25.1 Å². The monoisotopic (exact) mass is 260 g/mol. The lowest BCUT2D eigenvalue weighted by Gasteiger charge is -2.20. The van der Waals surface area contributed by atoms with Crippen molar-refractivity contribution >= 4 is 11.6 Å². The van der Waals surface area contributed by atoms with Crippen LogP contribution in [0.1, 0.15) is 17.3 Å². The van der Waals surface area contributed by atoms with Crippen molar-refractivity contribution in [3.8, 4) is 0 Å². The summed E-state index contributed by atoms with van der Waals surface area (Å²) in [6, 6.07) is 7.00. The summed E-state index contributed by atoms with van der Waals surface area (Å²) in [5.41, 5.74) is 0.1000. The number of aromatic amines is 1. The van der Waals surface area contributed by atoms with E-state index in [4.69, 9.17) is 0 Å². The first-order valence-electron chi connectivity index (χ1n) is 5.88. The van der Waals surface area contributed by atoms with Crippen molar-refractivity contribution in [1.29, 1.82) is 0 Å². The average molecular weight is 260 g/mol. The highest BCUT2D eigenvalue weighted by molar-refractivity contribution is 6.05. The number of amides is 1. The van der Waals surface area contributed by atoms with Gasteiger partial charge in [0.25, 0.3) is 5.91 Å². The lowest BCUT2D eigenvalue weighted by atomic mass is 10.2. The number of nitrogens with one attached hydrogen (secondary N) is 1. The maximum Gasteiger partial charge on any atom is 0.263 e. The zero-order valence-electron chi connectivity index (χ0n) is 10.4. The Balaban J connectivity index is 2.41. The van der Waals surface area contributed by atoms with Crippen LogP contribution in [0, 0.1) is 5.82 Å². The van der Waals surface area contributed by atoms with Crippen molar-refractivity contribution in [2.24, 2.45) is 0 Å². The number of hydrogen-bond donors (Lipinski definition) is 1. The molecular formula is C14H13FN2O2. The number of carbonyl (C=O) groups excluding carboxylic acids is 1. The zero-order valence-corrected chi connectivity index (χ0v) is 10.4. The molecule has 1 aromatic carbocycles. The quantitative estimate of drug-likeness (QED) is 0.919. The van der Waals surface area contributed by atoms with Crippen LogP contribution in [0.3, 0.4) is 0 Å². The number of carbonyl (C=O) groups is 1. The molecule has 0 bridgehead atoms. The minimum atomic E-state index is -0.449. The Bertz CT molecular complexity index is 652. The predicted octanol–water partition coefficient (Wildman–Crippen LogP) is 2.18. The maximum atomic E-state index is 13.2. The normalized spacial score (nSPS) is 10.2. The summed E-state index contributed by atoms with van der Waals surface area (Å²) in [5, 5.41) is 0. The molecule has 2 rings (SSSR count). The van der Waals surface area contributed by atoms with E-state index in [9.17, 15) is 14.0 Å². The van der Waals surface area contributed by atoms with E-state index in [0.717, 1.165) is 0 Å². The molecule has 0 saturated heterocycles. The molecule has 0 radical (unpaired) electrons. The summed E-state index contributed by atoms with van der Waals surface area (Å²) >= 11 is 0. The van der Waals surface area contributed by atoms with Crippen molar-refractivity contribution in [1.82, 2.24) is 4.98 Å². The maximum absolute atomic E-state index is 13.2. The summed E-state index contributed by atoms with van der Waals surface area (Å²) in [7, 11) is 0. The SMILES string of the molecule is CCN(C(=O)c1c[nH]ccc1=O)c1cccc(F)c1. The third-order valence-electron chi connectivity index (χ3n) is 2.74. The topological polar surface area (TPSA) is 53.2 Å². The molecule has 5 heteroatoms. The van der Waals surface area contributed by atoms with Gasteiger partial charge in [-0.2, -0.15) is 0 Å². The molecule has 0 atom stereocenters. The van der Waals surface area contributed by atoms with E-state index < -0.39 is 11.7 Å². The van der Waals surface area contributed by atoms with E-state index in [0.29, 0.717) is 12.2 Å². The molecule has 0 aliphatic carbocycles. The van der Waals surface area contributed by atoms with Crippen molar-refractivity contribution in [3.05, 3.63) is 64.3 Å². The summed E-state index contributed by atoms with van der Waals surface area (Å²) in [4.78, 5) is 28.0. The molecule has 2 aromatic rings. The summed E-state index contributed by atoms with van der Waals surface area (Å²) in [6.45, 7) is 2.11. The van der Waals surface area contributed by atoms with Crippen LogP contribution in [0.15, 0.2) is 47.5 Å². The molecule has 4 nitrogen and oxygen atoms in total. The van der Waals surface area contributed by atoms with Gasteiger partial charge >= 0.3 is 0 Å². The highest BCUT2D eigenvalue weighted by Crippen LogP contribution is 2.17. The number of aromatic nitrogens is 1.